The van der Waals surface area contributed by atoms with Gasteiger partial charge in [0, 0.05) is 13.8 Å². The predicted molar refractivity (Wildman–Crippen MR) is 113 cm³/mol. The zero-order chi connectivity index (χ0) is 23.8. The van der Waals surface area contributed by atoms with Crippen molar-refractivity contribution in [2.75, 3.05) is 0 Å². The molecule has 13 nitrogen and oxygen atoms in total. The van der Waals surface area contributed by atoms with Crippen LogP contribution in [0.2, 0.25) is 0 Å². The molecule has 3 aromatic heterocycles. The average Bonchev–Trinajstić information content (AvgIpc) is 3.50. The van der Waals surface area contributed by atoms with Crippen LogP contribution in [0, 0.1) is 12.3 Å². The van der Waals surface area contributed by atoms with Crippen molar-refractivity contribution in [1.82, 2.24) is 34.7 Å². The van der Waals surface area contributed by atoms with E-state index in [9.17, 15) is 9.59 Å². The molecule has 1 saturated heterocycles. The molecule has 4 heterocycles. The predicted octanol–water partition coefficient (Wildman–Crippen LogP) is 0.807. The maximum absolute atomic E-state index is 11.8. The average molecular weight is 463 g/mol. The summed E-state index contributed by atoms with van der Waals surface area (Å²) in [5, 5.41) is 8.02. The molecule has 0 N–H and O–H groups in total. The number of esters is 2. The molecule has 4 atom stereocenters. The Balaban J connectivity index is 1.53. The van der Waals surface area contributed by atoms with Crippen molar-refractivity contribution < 1.29 is 28.6 Å². The third-order valence-corrected chi connectivity index (χ3v) is 5.05. The molecule has 5 rings (SSSR count). The summed E-state index contributed by atoms with van der Waals surface area (Å²) < 4.78 is 18.1. The zero-order valence-electron chi connectivity index (χ0n) is 17.9. The first-order chi connectivity index (χ1) is 16.5. The Kier molecular flexibility index (Phi) is 5.27. The van der Waals surface area contributed by atoms with Crippen LogP contribution in [0.5, 0.6) is 5.88 Å². The SMILES string of the molecule is C#C[C@H]1O[C@@H](n2cnc3c(On4nnc5ccccc54)ncnc32)[C@H](OC(C)=O)[C@H]1OC(C)=O. The molecule has 1 aromatic carbocycles. The van der Waals surface area contributed by atoms with E-state index in [-0.39, 0.29) is 11.4 Å². The fourth-order valence-corrected chi connectivity index (χ4v) is 3.72. The van der Waals surface area contributed by atoms with Crippen molar-refractivity contribution in [3.63, 3.8) is 0 Å². The number of carbonyl (C=O) groups excluding carboxylic acids is 2. The topological polar surface area (TPSA) is 145 Å². The van der Waals surface area contributed by atoms with Crippen LogP contribution in [0.4, 0.5) is 0 Å². The Labute approximate surface area is 191 Å². The summed E-state index contributed by atoms with van der Waals surface area (Å²) in [6, 6.07) is 7.24. The van der Waals surface area contributed by atoms with Gasteiger partial charge in [0.1, 0.15) is 17.4 Å². The molecular formula is C21H17N7O6. The molecular weight excluding hydrogens is 446 g/mol. The largest absolute Gasteiger partial charge is 0.455 e. The van der Waals surface area contributed by atoms with E-state index in [0.29, 0.717) is 16.7 Å². The number of hydrogen-bond acceptors (Lipinski definition) is 11. The Bertz CT molecular complexity index is 1440. The molecule has 0 radical (unpaired) electrons. The van der Waals surface area contributed by atoms with Gasteiger partial charge in [0.25, 0.3) is 5.88 Å². The molecule has 34 heavy (non-hydrogen) atoms. The number of carbonyl (C=O) groups is 2. The first kappa shape index (κ1) is 21.3. The summed E-state index contributed by atoms with van der Waals surface area (Å²) in [6.07, 6.45) is 4.25. The first-order valence-electron chi connectivity index (χ1n) is 10.1. The molecule has 0 bridgehead atoms. The highest BCUT2D eigenvalue weighted by molar-refractivity contribution is 5.77. The number of aromatic nitrogens is 7. The molecule has 1 fully saturated rings. The smallest absolute Gasteiger partial charge is 0.303 e. The number of terminal acetylenes is 1. The summed E-state index contributed by atoms with van der Waals surface area (Å²) in [4.78, 5) is 43.2. The van der Waals surface area contributed by atoms with Crippen LogP contribution >= 0.6 is 0 Å². The highest BCUT2D eigenvalue weighted by Gasteiger charge is 2.50. The van der Waals surface area contributed by atoms with Crippen LogP contribution in [0.15, 0.2) is 36.9 Å². The normalized spacial score (nSPS) is 21.9. The van der Waals surface area contributed by atoms with Crippen molar-refractivity contribution in [3.05, 3.63) is 36.9 Å². The summed E-state index contributed by atoms with van der Waals surface area (Å²) >= 11 is 0. The summed E-state index contributed by atoms with van der Waals surface area (Å²) in [5.41, 5.74) is 1.85. The zero-order valence-corrected chi connectivity index (χ0v) is 17.9. The monoisotopic (exact) mass is 463 g/mol. The van der Waals surface area contributed by atoms with Gasteiger partial charge in [-0.1, -0.05) is 22.9 Å². The highest BCUT2D eigenvalue weighted by atomic mass is 16.7. The number of ether oxygens (including phenoxy) is 3. The molecule has 0 saturated carbocycles. The Morgan fingerprint density at radius 1 is 1.09 bits per heavy atom. The fourth-order valence-electron chi connectivity index (χ4n) is 3.72. The van der Waals surface area contributed by atoms with Crippen molar-refractivity contribution >= 4 is 34.1 Å². The number of rotatable bonds is 5. The minimum atomic E-state index is -1.04. The van der Waals surface area contributed by atoms with E-state index in [1.807, 2.05) is 12.1 Å². The summed E-state index contributed by atoms with van der Waals surface area (Å²) in [5.74, 6) is 1.32. The Morgan fingerprint density at radius 2 is 1.85 bits per heavy atom. The summed E-state index contributed by atoms with van der Waals surface area (Å²) in [6.45, 7) is 2.46. The van der Waals surface area contributed by atoms with Gasteiger partial charge < -0.3 is 19.0 Å². The van der Waals surface area contributed by atoms with Crippen molar-refractivity contribution in [1.29, 1.82) is 0 Å². The fraction of sp³-hybridized carbons (Fsp3) is 0.286. The molecule has 0 aliphatic carbocycles. The van der Waals surface area contributed by atoms with Gasteiger partial charge in [0.2, 0.25) is 0 Å². The van der Waals surface area contributed by atoms with Gasteiger partial charge in [-0.25, -0.2) is 9.97 Å². The second kappa shape index (κ2) is 8.41. The van der Waals surface area contributed by atoms with Gasteiger partial charge in [-0.05, 0) is 17.3 Å². The van der Waals surface area contributed by atoms with Crippen LogP contribution in [0.1, 0.15) is 20.1 Å². The Hall–Kier alpha value is -4.57. The lowest BCUT2D eigenvalue weighted by Crippen LogP contribution is -2.38. The second-order valence-electron chi connectivity index (χ2n) is 7.31. The van der Waals surface area contributed by atoms with Crippen molar-refractivity contribution in [2.45, 2.75) is 38.4 Å². The van der Waals surface area contributed by atoms with E-state index < -0.39 is 36.5 Å². The third-order valence-electron chi connectivity index (χ3n) is 5.05. The minimum absolute atomic E-state index is 0.103. The van der Waals surface area contributed by atoms with E-state index in [0.717, 1.165) is 0 Å². The minimum Gasteiger partial charge on any atom is -0.455 e. The van der Waals surface area contributed by atoms with Gasteiger partial charge in [0.15, 0.2) is 35.7 Å². The van der Waals surface area contributed by atoms with E-state index >= 15 is 0 Å². The van der Waals surface area contributed by atoms with Crippen LogP contribution in [0.3, 0.4) is 0 Å². The Morgan fingerprint density at radius 3 is 2.62 bits per heavy atom. The second-order valence-corrected chi connectivity index (χ2v) is 7.31. The lowest BCUT2D eigenvalue weighted by atomic mass is 10.1. The van der Waals surface area contributed by atoms with Gasteiger partial charge in [0.05, 0.1) is 6.33 Å². The van der Waals surface area contributed by atoms with E-state index in [1.54, 1.807) is 12.1 Å². The highest BCUT2D eigenvalue weighted by Crippen LogP contribution is 2.36. The van der Waals surface area contributed by atoms with Crippen LogP contribution in [0.25, 0.3) is 22.2 Å². The molecule has 13 heteroatoms. The molecule has 4 aromatic rings. The summed E-state index contributed by atoms with van der Waals surface area (Å²) in [7, 11) is 0. The van der Waals surface area contributed by atoms with Crippen molar-refractivity contribution in [2.24, 2.45) is 0 Å². The van der Waals surface area contributed by atoms with Gasteiger partial charge in [-0.3, -0.25) is 14.2 Å². The maximum Gasteiger partial charge on any atom is 0.303 e. The van der Waals surface area contributed by atoms with Crippen LogP contribution < -0.4 is 4.84 Å². The van der Waals surface area contributed by atoms with Crippen LogP contribution in [-0.2, 0) is 23.8 Å². The van der Waals surface area contributed by atoms with Gasteiger partial charge in [-0.2, -0.15) is 4.98 Å². The molecule has 172 valence electrons. The van der Waals surface area contributed by atoms with Gasteiger partial charge in [-0.15, -0.1) is 11.5 Å². The molecule has 1 aliphatic rings. The molecule has 1 aliphatic heterocycles. The van der Waals surface area contributed by atoms with E-state index in [2.05, 4.69) is 31.2 Å². The molecule has 0 unspecified atom stereocenters. The standard InChI is InChI=1S/C21H17N7O6/c1-4-15-17(31-11(2)29)18(32-12(3)30)21(33-15)27-10-24-16-19(27)22-9-23-20(16)34-28-14-8-6-5-7-13(14)25-26-28/h1,5-10,15,17-18,21H,2-3H3/t15-,17+,18-,21-/m1/s1. The maximum atomic E-state index is 11.8. The van der Waals surface area contributed by atoms with E-state index in [1.165, 1.54) is 35.9 Å². The van der Waals surface area contributed by atoms with Crippen LogP contribution in [-0.4, -0.2) is 64.9 Å². The lowest BCUT2D eigenvalue weighted by molar-refractivity contribution is -0.165. The number of imidazole rings is 1. The molecule has 0 amide bonds. The number of nitrogens with zero attached hydrogens (tertiary/aromatic N) is 7. The molecule has 0 spiro atoms. The van der Waals surface area contributed by atoms with Gasteiger partial charge >= 0.3 is 11.9 Å². The van der Waals surface area contributed by atoms with E-state index in [4.69, 9.17) is 25.5 Å². The quantitative estimate of drug-likeness (QED) is 0.306. The first-order valence-corrected chi connectivity index (χ1v) is 10.1. The third kappa shape index (κ3) is 3.65. The number of para-hydroxylation sites is 1. The van der Waals surface area contributed by atoms with Crippen molar-refractivity contribution in [3.8, 4) is 18.2 Å². The lowest BCUT2D eigenvalue weighted by Gasteiger charge is -2.23. The number of hydrogen-bond donors (Lipinski definition) is 0. The number of benzene rings is 1. The number of fused-ring (bicyclic) bond motifs is 2.